The number of aliphatic hydroxyl groups excluding tert-OH is 1. The monoisotopic (exact) mass is 348 g/mol. The van der Waals surface area contributed by atoms with Gasteiger partial charge in [0, 0.05) is 11.8 Å². The molecule has 5 aliphatic rings. The molecule has 0 unspecified atom stereocenters. The van der Waals surface area contributed by atoms with Gasteiger partial charge in [-0.05, 0) is 66.6 Å². The van der Waals surface area contributed by atoms with Crippen molar-refractivity contribution >= 4 is 0 Å². The second-order valence-corrected chi connectivity index (χ2v) is 11.3. The molecule has 5 rings (SSSR count). The summed E-state index contributed by atoms with van der Waals surface area (Å²) in [5.41, 5.74) is 1.10. The van der Waals surface area contributed by atoms with Crippen molar-refractivity contribution < 1.29 is 14.6 Å². The van der Waals surface area contributed by atoms with E-state index in [1.807, 2.05) is 0 Å². The van der Waals surface area contributed by atoms with Crippen molar-refractivity contribution in [2.24, 2.45) is 33.5 Å². The summed E-state index contributed by atoms with van der Waals surface area (Å²) in [7, 11) is 0. The standard InChI is InChI=1S/C22H36O3/c1-18(2)6-5-7-20(4)17(18)12-16(23)15-13-22(24-10-11-25-22)19(3)8-9-21(15,20)14-19/h15-17,23H,5-14H2,1-4H3/t15-,16+,17+,19+,20+,21+/m1/s1. The van der Waals surface area contributed by atoms with Gasteiger partial charge in [0.05, 0.1) is 19.3 Å². The summed E-state index contributed by atoms with van der Waals surface area (Å²) in [4.78, 5) is 0. The van der Waals surface area contributed by atoms with E-state index < -0.39 is 5.79 Å². The molecular formula is C22H36O3. The normalized spacial score (nSPS) is 55.8. The van der Waals surface area contributed by atoms with Gasteiger partial charge in [0.25, 0.3) is 0 Å². The van der Waals surface area contributed by atoms with Crippen LogP contribution in [0.25, 0.3) is 0 Å². The molecule has 4 saturated carbocycles. The SMILES string of the molecule is CC1(C)CCC[C@@]2(C)[C@H]1C[C@H](O)[C@H]1CC3(OCCO3)[C@@]3(C)CC[C@]12C3. The van der Waals surface area contributed by atoms with Crippen LogP contribution in [0.15, 0.2) is 0 Å². The van der Waals surface area contributed by atoms with Crippen LogP contribution in [0.1, 0.15) is 79.1 Å². The topological polar surface area (TPSA) is 38.7 Å². The lowest BCUT2D eigenvalue weighted by Crippen LogP contribution is -2.66. The molecule has 1 aliphatic heterocycles. The van der Waals surface area contributed by atoms with Crippen LogP contribution in [0.3, 0.4) is 0 Å². The zero-order valence-electron chi connectivity index (χ0n) is 16.6. The van der Waals surface area contributed by atoms with Gasteiger partial charge in [-0.1, -0.05) is 34.1 Å². The fraction of sp³-hybridized carbons (Fsp3) is 1.00. The molecule has 0 aromatic rings. The summed E-state index contributed by atoms with van der Waals surface area (Å²) >= 11 is 0. The third-order valence-corrected chi connectivity index (χ3v) is 10.0. The minimum absolute atomic E-state index is 0.117. The second kappa shape index (κ2) is 4.83. The fourth-order valence-corrected chi connectivity index (χ4v) is 8.78. The maximum Gasteiger partial charge on any atom is 0.174 e. The van der Waals surface area contributed by atoms with Gasteiger partial charge in [0.2, 0.25) is 0 Å². The summed E-state index contributed by atoms with van der Waals surface area (Å²) in [6, 6.07) is 0. The van der Waals surface area contributed by atoms with Crippen molar-refractivity contribution in [3.8, 4) is 0 Å². The molecule has 1 N–H and O–H groups in total. The van der Waals surface area contributed by atoms with Crippen LogP contribution in [0.4, 0.5) is 0 Å². The first-order chi connectivity index (χ1) is 11.7. The summed E-state index contributed by atoms with van der Waals surface area (Å²) in [6.07, 6.45) is 9.33. The van der Waals surface area contributed by atoms with Crippen molar-refractivity contribution in [1.29, 1.82) is 0 Å². The Labute approximate surface area is 152 Å². The Balaban J connectivity index is 1.62. The van der Waals surface area contributed by atoms with Crippen LogP contribution in [0, 0.1) is 33.5 Å². The van der Waals surface area contributed by atoms with E-state index in [1.54, 1.807) is 0 Å². The quantitative estimate of drug-likeness (QED) is 0.699. The molecular weight excluding hydrogens is 312 g/mol. The summed E-state index contributed by atoms with van der Waals surface area (Å²) in [5, 5.41) is 11.3. The summed E-state index contributed by atoms with van der Waals surface area (Å²) < 4.78 is 12.6. The van der Waals surface area contributed by atoms with E-state index in [4.69, 9.17) is 9.47 Å². The van der Waals surface area contributed by atoms with Crippen LogP contribution in [0.2, 0.25) is 0 Å². The molecule has 142 valence electrons. The average Bonchev–Trinajstić information content (AvgIpc) is 3.12. The Kier molecular flexibility index (Phi) is 3.29. The van der Waals surface area contributed by atoms with Gasteiger partial charge >= 0.3 is 0 Å². The highest BCUT2D eigenvalue weighted by molar-refractivity contribution is 5.22. The van der Waals surface area contributed by atoms with E-state index in [2.05, 4.69) is 27.7 Å². The molecule has 1 heterocycles. The lowest BCUT2D eigenvalue weighted by molar-refractivity contribution is -0.301. The van der Waals surface area contributed by atoms with Crippen molar-refractivity contribution in [2.45, 2.75) is 91.0 Å². The summed E-state index contributed by atoms with van der Waals surface area (Å²) in [5.74, 6) is 0.560. The van der Waals surface area contributed by atoms with E-state index in [0.29, 0.717) is 22.7 Å². The van der Waals surface area contributed by atoms with E-state index in [0.717, 1.165) is 26.1 Å². The first kappa shape index (κ1) is 17.0. The van der Waals surface area contributed by atoms with E-state index in [-0.39, 0.29) is 16.9 Å². The minimum atomic E-state index is -0.425. The third-order valence-electron chi connectivity index (χ3n) is 10.0. The van der Waals surface area contributed by atoms with Gasteiger partial charge in [0.15, 0.2) is 5.79 Å². The zero-order chi connectivity index (χ0) is 17.7. The zero-order valence-corrected chi connectivity index (χ0v) is 16.6. The molecule has 0 amide bonds. The predicted octanol–water partition coefficient (Wildman–Crippen LogP) is 4.52. The van der Waals surface area contributed by atoms with Gasteiger partial charge < -0.3 is 14.6 Å². The lowest BCUT2D eigenvalue weighted by Gasteiger charge is -2.68. The van der Waals surface area contributed by atoms with E-state index >= 15 is 0 Å². The van der Waals surface area contributed by atoms with Crippen LogP contribution in [-0.4, -0.2) is 30.2 Å². The number of aliphatic hydroxyl groups is 1. The molecule has 2 spiro atoms. The highest BCUT2D eigenvalue weighted by Gasteiger charge is 2.75. The third kappa shape index (κ3) is 1.84. The predicted molar refractivity (Wildman–Crippen MR) is 97.0 cm³/mol. The first-order valence-corrected chi connectivity index (χ1v) is 10.6. The molecule has 0 aromatic heterocycles. The number of ether oxygens (including phenoxy) is 2. The molecule has 0 radical (unpaired) electrons. The number of fused-ring (bicyclic) bond motifs is 3. The Bertz CT molecular complexity index is 580. The number of hydrogen-bond donors (Lipinski definition) is 1. The first-order valence-electron chi connectivity index (χ1n) is 10.6. The second-order valence-electron chi connectivity index (χ2n) is 11.3. The largest absolute Gasteiger partial charge is 0.393 e. The Morgan fingerprint density at radius 3 is 2.36 bits per heavy atom. The molecule has 0 aromatic carbocycles. The smallest absolute Gasteiger partial charge is 0.174 e. The van der Waals surface area contributed by atoms with Crippen LogP contribution >= 0.6 is 0 Å². The van der Waals surface area contributed by atoms with E-state index in [1.165, 1.54) is 38.5 Å². The maximum absolute atomic E-state index is 11.3. The minimum Gasteiger partial charge on any atom is -0.393 e. The van der Waals surface area contributed by atoms with Gasteiger partial charge in [-0.3, -0.25) is 0 Å². The van der Waals surface area contributed by atoms with Crippen molar-refractivity contribution in [1.82, 2.24) is 0 Å². The maximum atomic E-state index is 11.3. The summed E-state index contributed by atoms with van der Waals surface area (Å²) in [6.45, 7) is 11.4. The van der Waals surface area contributed by atoms with Gasteiger partial charge in [0.1, 0.15) is 0 Å². The van der Waals surface area contributed by atoms with E-state index in [9.17, 15) is 5.11 Å². The Morgan fingerprint density at radius 1 is 0.920 bits per heavy atom. The average molecular weight is 349 g/mol. The Hall–Kier alpha value is -0.120. The highest BCUT2D eigenvalue weighted by atomic mass is 16.7. The molecule has 3 heteroatoms. The molecule has 4 aliphatic carbocycles. The lowest BCUT2D eigenvalue weighted by atomic mass is 9.37. The van der Waals surface area contributed by atoms with Crippen molar-refractivity contribution in [2.75, 3.05) is 13.2 Å². The van der Waals surface area contributed by atoms with Crippen LogP contribution in [-0.2, 0) is 9.47 Å². The molecule has 2 bridgehead atoms. The number of hydrogen-bond acceptors (Lipinski definition) is 3. The fourth-order valence-electron chi connectivity index (χ4n) is 8.78. The van der Waals surface area contributed by atoms with Crippen molar-refractivity contribution in [3.05, 3.63) is 0 Å². The van der Waals surface area contributed by atoms with Gasteiger partial charge in [-0.2, -0.15) is 0 Å². The number of rotatable bonds is 0. The molecule has 6 atom stereocenters. The molecule has 25 heavy (non-hydrogen) atoms. The Morgan fingerprint density at radius 2 is 1.64 bits per heavy atom. The molecule has 3 nitrogen and oxygen atoms in total. The van der Waals surface area contributed by atoms with Gasteiger partial charge in [-0.25, -0.2) is 0 Å². The van der Waals surface area contributed by atoms with Crippen LogP contribution in [0.5, 0.6) is 0 Å². The molecule has 1 saturated heterocycles. The highest BCUT2D eigenvalue weighted by Crippen LogP contribution is 2.78. The van der Waals surface area contributed by atoms with Gasteiger partial charge in [-0.15, -0.1) is 0 Å². The van der Waals surface area contributed by atoms with Crippen LogP contribution < -0.4 is 0 Å². The molecule has 5 fully saturated rings. The van der Waals surface area contributed by atoms with Crippen molar-refractivity contribution in [3.63, 3.8) is 0 Å².